The maximum atomic E-state index is 12.7. The molecule has 0 heterocycles. The van der Waals surface area contributed by atoms with Gasteiger partial charge in [-0.2, -0.15) is 0 Å². The largest absolute Gasteiger partial charge is 0.481 e. The van der Waals surface area contributed by atoms with E-state index in [0.717, 1.165) is 0 Å². The maximum Gasteiger partial charge on any atom is 0.261 e. The highest BCUT2D eigenvalue weighted by Crippen LogP contribution is 2.13. The molecule has 0 saturated carbocycles. The number of aliphatic hydroxyl groups is 2. The van der Waals surface area contributed by atoms with E-state index in [0.29, 0.717) is 5.75 Å². The van der Waals surface area contributed by atoms with E-state index in [1.165, 1.54) is 31.2 Å². The maximum absolute atomic E-state index is 12.7. The zero-order valence-corrected chi connectivity index (χ0v) is 9.97. The van der Waals surface area contributed by atoms with Crippen molar-refractivity contribution >= 4 is 5.91 Å². The first-order valence-corrected chi connectivity index (χ1v) is 5.51. The second-order valence-electron chi connectivity index (χ2n) is 3.78. The molecule has 1 amide bonds. The fourth-order valence-electron chi connectivity index (χ4n) is 1.24. The number of ether oxygens (including phenoxy) is 1. The van der Waals surface area contributed by atoms with Gasteiger partial charge in [-0.1, -0.05) is 0 Å². The summed E-state index contributed by atoms with van der Waals surface area (Å²) in [5, 5.41) is 20.0. The fourth-order valence-corrected chi connectivity index (χ4v) is 1.24. The average Bonchev–Trinajstić information content (AvgIpc) is 2.38. The van der Waals surface area contributed by atoms with Gasteiger partial charge in [-0.3, -0.25) is 4.79 Å². The molecule has 0 fully saturated rings. The standard InChI is InChI=1S/C12H16FNO4/c1-8(12(17)14-10(6-15)7-16)18-11-4-2-9(13)3-5-11/h2-5,8,10,15-16H,6-7H2,1H3,(H,14,17). The Hall–Kier alpha value is -1.66. The van der Waals surface area contributed by atoms with Crippen LogP contribution in [0.2, 0.25) is 0 Å². The number of nitrogens with one attached hydrogen (secondary N) is 1. The van der Waals surface area contributed by atoms with Gasteiger partial charge in [0.05, 0.1) is 19.3 Å². The molecule has 1 rings (SSSR count). The van der Waals surface area contributed by atoms with Gasteiger partial charge in [-0.25, -0.2) is 4.39 Å². The highest BCUT2D eigenvalue weighted by molar-refractivity contribution is 5.81. The molecule has 1 aromatic carbocycles. The molecule has 0 aromatic heterocycles. The van der Waals surface area contributed by atoms with Crippen LogP contribution < -0.4 is 10.1 Å². The van der Waals surface area contributed by atoms with E-state index in [1.54, 1.807) is 0 Å². The number of carbonyl (C=O) groups excluding carboxylic acids is 1. The molecular formula is C12H16FNO4. The highest BCUT2D eigenvalue weighted by atomic mass is 19.1. The van der Waals surface area contributed by atoms with Crippen LogP contribution in [0.25, 0.3) is 0 Å². The van der Waals surface area contributed by atoms with Crippen LogP contribution in [0.4, 0.5) is 4.39 Å². The predicted octanol–water partition coefficient (Wildman–Crippen LogP) is 0.0624. The normalized spacial score (nSPS) is 12.3. The molecule has 3 N–H and O–H groups in total. The molecule has 1 atom stereocenters. The summed E-state index contributed by atoms with van der Waals surface area (Å²) in [5.41, 5.74) is 0. The van der Waals surface area contributed by atoms with E-state index < -0.39 is 18.1 Å². The van der Waals surface area contributed by atoms with Gasteiger partial charge in [0.2, 0.25) is 0 Å². The van der Waals surface area contributed by atoms with Crippen molar-refractivity contribution in [1.29, 1.82) is 0 Å². The number of halogens is 1. The van der Waals surface area contributed by atoms with Crippen molar-refractivity contribution in [3.05, 3.63) is 30.1 Å². The van der Waals surface area contributed by atoms with Crippen molar-refractivity contribution in [2.24, 2.45) is 0 Å². The molecule has 6 heteroatoms. The third-order valence-corrected chi connectivity index (χ3v) is 2.28. The summed E-state index contributed by atoms with van der Waals surface area (Å²) in [6.07, 6.45) is -0.809. The van der Waals surface area contributed by atoms with Crippen molar-refractivity contribution in [1.82, 2.24) is 5.32 Å². The van der Waals surface area contributed by atoms with Crippen LogP contribution in [0.3, 0.4) is 0 Å². The minimum atomic E-state index is -0.809. The third kappa shape index (κ3) is 4.31. The average molecular weight is 257 g/mol. The topological polar surface area (TPSA) is 78.8 Å². The predicted molar refractivity (Wildman–Crippen MR) is 62.6 cm³/mol. The van der Waals surface area contributed by atoms with E-state index in [9.17, 15) is 9.18 Å². The van der Waals surface area contributed by atoms with E-state index in [2.05, 4.69) is 5.32 Å². The monoisotopic (exact) mass is 257 g/mol. The molecule has 1 unspecified atom stereocenters. The molecule has 0 bridgehead atoms. The Morgan fingerprint density at radius 3 is 2.39 bits per heavy atom. The SMILES string of the molecule is CC(Oc1ccc(F)cc1)C(=O)NC(CO)CO. The Bertz CT molecular complexity index is 378. The smallest absolute Gasteiger partial charge is 0.261 e. The van der Waals surface area contributed by atoms with Gasteiger partial charge < -0.3 is 20.3 Å². The van der Waals surface area contributed by atoms with Gasteiger partial charge in [0.1, 0.15) is 11.6 Å². The summed E-state index contributed by atoms with van der Waals surface area (Å²) in [6, 6.07) is 4.56. The number of hydrogen-bond donors (Lipinski definition) is 3. The van der Waals surface area contributed by atoms with E-state index in [1.807, 2.05) is 0 Å². The molecule has 18 heavy (non-hydrogen) atoms. The van der Waals surface area contributed by atoms with Crippen LogP contribution in [0.5, 0.6) is 5.75 Å². The number of carbonyl (C=O) groups is 1. The summed E-state index contributed by atoms with van der Waals surface area (Å²) in [7, 11) is 0. The lowest BCUT2D eigenvalue weighted by Gasteiger charge is -2.18. The van der Waals surface area contributed by atoms with Crippen molar-refractivity contribution in [2.45, 2.75) is 19.1 Å². The number of amides is 1. The van der Waals surface area contributed by atoms with Gasteiger partial charge in [0, 0.05) is 0 Å². The van der Waals surface area contributed by atoms with Gasteiger partial charge in [0.25, 0.3) is 5.91 Å². The van der Waals surface area contributed by atoms with Crippen LogP contribution in [-0.2, 0) is 4.79 Å². The zero-order chi connectivity index (χ0) is 13.5. The summed E-state index contributed by atoms with van der Waals surface area (Å²) in [4.78, 5) is 11.6. The first-order valence-electron chi connectivity index (χ1n) is 5.51. The number of benzene rings is 1. The Kier molecular flexibility index (Phi) is 5.54. The Morgan fingerprint density at radius 2 is 1.89 bits per heavy atom. The lowest BCUT2D eigenvalue weighted by atomic mass is 10.3. The van der Waals surface area contributed by atoms with Gasteiger partial charge >= 0.3 is 0 Å². The molecule has 0 aliphatic rings. The van der Waals surface area contributed by atoms with Crippen molar-refractivity contribution < 1.29 is 24.1 Å². The Labute approximate surface area is 104 Å². The Morgan fingerprint density at radius 1 is 1.33 bits per heavy atom. The molecule has 1 aromatic rings. The van der Waals surface area contributed by atoms with Crippen molar-refractivity contribution in [2.75, 3.05) is 13.2 Å². The summed E-state index contributed by atoms with van der Waals surface area (Å²) in [6.45, 7) is 0.807. The van der Waals surface area contributed by atoms with Crippen molar-refractivity contribution in [3.63, 3.8) is 0 Å². The second-order valence-corrected chi connectivity index (χ2v) is 3.78. The van der Waals surface area contributed by atoms with E-state index in [-0.39, 0.29) is 19.0 Å². The molecule has 0 radical (unpaired) electrons. The molecule has 100 valence electrons. The first kappa shape index (κ1) is 14.4. The van der Waals surface area contributed by atoms with Gasteiger partial charge in [-0.05, 0) is 31.2 Å². The van der Waals surface area contributed by atoms with Crippen LogP contribution in [0.15, 0.2) is 24.3 Å². The number of hydrogen-bond acceptors (Lipinski definition) is 4. The minimum absolute atomic E-state index is 0.356. The minimum Gasteiger partial charge on any atom is -0.481 e. The van der Waals surface area contributed by atoms with Crippen LogP contribution in [0.1, 0.15) is 6.92 Å². The summed E-state index contributed by atoms with van der Waals surface area (Å²) in [5.74, 6) is -0.490. The molecule has 0 aliphatic carbocycles. The second kappa shape index (κ2) is 6.93. The lowest BCUT2D eigenvalue weighted by molar-refractivity contribution is -0.128. The molecule has 5 nitrogen and oxygen atoms in total. The van der Waals surface area contributed by atoms with Gasteiger partial charge in [-0.15, -0.1) is 0 Å². The molecular weight excluding hydrogens is 241 g/mol. The number of rotatable bonds is 6. The van der Waals surface area contributed by atoms with Crippen molar-refractivity contribution in [3.8, 4) is 5.75 Å². The van der Waals surface area contributed by atoms with E-state index >= 15 is 0 Å². The molecule has 0 aliphatic heterocycles. The van der Waals surface area contributed by atoms with Crippen LogP contribution >= 0.6 is 0 Å². The molecule has 0 saturated heterocycles. The first-order chi connectivity index (χ1) is 8.56. The van der Waals surface area contributed by atoms with Crippen LogP contribution in [-0.4, -0.2) is 41.5 Å². The number of aliphatic hydroxyl groups excluding tert-OH is 2. The summed E-state index contributed by atoms with van der Waals surface area (Å²) >= 11 is 0. The summed E-state index contributed by atoms with van der Waals surface area (Å²) < 4.78 is 17.9. The lowest BCUT2D eigenvalue weighted by Crippen LogP contribution is -2.45. The molecule has 0 spiro atoms. The van der Waals surface area contributed by atoms with Gasteiger partial charge in [0.15, 0.2) is 6.10 Å². The zero-order valence-electron chi connectivity index (χ0n) is 9.97. The van der Waals surface area contributed by atoms with E-state index in [4.69, 9.17) is 14.9 Å². The van der Waals surface area contributed by atoms with Crippen LogP contribution in [0, 0.1) is 5.82 Å². The third-order valence-electron chi connectivity index (χ3n) is 2.28. The highest BCUT2D eigenvalue weighted by Gasteiger charge is 2.18. The Balaban J connectivity index is 2.51. The fraction of sp³-hybridized carbons (Fsp3) is 0.417. The quantitative estimate of drug-likeness (QED) is 0.673.